The average Bonchev–Trinajstić information content (AvgIpc) is 2.88. The molecular weight excluding hydrogens is 262 g/mol. The first-order valence-electron chi connectivity index (χ1n) is 7.95. The van der Waals surface area contributed by atoms with E-state index in [2.05, 4.69) is 47.8 Å². The van der Waals surface area contributed by atoms with E-state index in [4.69, 9.17) is 4.74 Å². The van der Waals surface area contributed by atoms with Gasteiger partial charge in [0.15, 0.2) is 0 Å². The zero-order valence-electron chi connectivity index (χ0n) is 13.2. The van der Waals surface area contributed by atoms with Crippen LogP contribution in [0.1, 0.15) is 36.9 Å². The quantitative estimate of drug-likeness (QED) is 0.939. The van der Waals surface area contributed by atoms with Gasteiger partial charge in [-0.25, -0.2) is 4.98 Å². The standard InChI is InChI=1S/C17H25N3O/c1-4-6-18-14-5-7-21-10-17(14)20-11-19-15-8-12(2)13(3)9-16(15)20/h8-9,11,14,17-18H,4-7,10H2,1-3H3. The second kappa shape index (κ2) is 6.16. The Kier molecular flexibility index (Phi) is 4.27. The number of imidazole rings is 1. The maximum absolute atomic E-state index is 5.73. The van der Waals surface area contributed by atoms with E-state index in [1.165, 1.54) is 16.6 Å². The molecular formula is C17H25N3O. The second-order valence-electron chi connectivity index (χ2n) is 6.07. The maximum atomic E-state index is 5.73. The molecule has 1 aromatic carbocycles. The Morgan fingerprint density at radius 1 is 1.33 bits per heavy atom. The molecule has 0 spiro atoms. The third-order valence-electron chi connectivity index (χ3n) is 4.53. The Bertz CT molecular complexity index is 620. The Labute approximate surface area is 126 Å². The van der Waals surface area contributed by atoms with Gasteiger partial charge in [0, 0.05) is 12.6 Å². The van der Waals surface area contributed by atoms with E-state index in [0.29, 0.717) is 12.1 Å². The van der Waals surface area contributed by atoms with Crippen molar-refractivity contribution >= 4 is 11.0 Å². The molecule has 1 N–H and O–H groups in total. The first-order chi connectivity index (χ1) is 10.2. The van der Waals surface area contributed by atoms with Gasteiger partial charge in [-0.15, -0.1) is 0 Å². The fourth-order valence-electron chi connectivity index (χ4n) is 3.11. The Morgan fingerprint density at radius 3 is 2.95 bits per heavy atom. The molecule has 2 atom stereocenters. The summed E-state index contributed by atoms with van der Waals surface area (Å²) in [6, 6.07) is 5.23. The molecule has 0 saturated carbocycles. The molecule has 2 heterocycles. The van der Waals surface area contributed by atoms with Crippen molar-refractivity contribution in [1.82, 2.24) is 14.9 Å². The molecule has 1 aliphatic rings. The van der Waals surface area contributed by atoms with Crippen molar-refractivity contribution in [2.75, 3.05) is 19.8 Å². The molecule has 1 saturated heterocycles. The van der Waals surface area contributed by atoms with Gasteiger partial charge in [0.25, 0.3) is 0 Å². The predicted molar refractivity (Wildman–Crippen MR) is 85.8 cm³/mol. The van der Waals surface area contributed by atoms with E-state index in [-0.39, 0.29) is 0 Å². The van der Waals surface area contributed by atoms with E-state index in [0.717, 1.165) is 38.1 Å². The van der Waals surface area contributed by atoms with Crippen molar-refractivity contribution in [1.29, 1.82) is 0 Å². The van der Waals surface area contributed by atoms with Crippen LogP contribution in [0.25, 0.3) is 11.0 Å². The lowest BCUT2D eigenvalue weighted by Gasteiger charge is -2.33. The second-order valence-corrected chi connectivity index (χ2v) is 6.07. The minimum atomic E-state index is 0.331. The summed E-state index contributed by atoms with van der Waals surface area (Å²) in [5, 5.41) is 3.67. The Balaban J connectivity index is 1.95. The fourth-order valence-corrected chi connectivity index (χ4v) is 3.11. The zero-order chi connectivity index (χ0) is 14.8. The highest BCUT2D eigenvalue weighted by atomic mass is 16.5. The van der Waals surface area contributed by atoms with Crippen LogP contribution in [-0.2, 0) is 4.74 Å². The van der Waals surface area contributed by atoms with Crippen LogP contribution in [0.5, 0.6) is 0 Å². The molecule has 1 fully saturated rings. The summed E-state index contributed by atoms with van der Waals surface area (Å²) in [7, 11) is 0. The van der Waals surface area contributed by atoms with Crippen LogP contribution in [-0.4, -0.2) is 35.4 Å². The van der Waals surface area contributed by atoms with E-state index >= 15 is 0 Å². The van der Waals surface area contributed by atoms with Crippen LogP contribution in [0.4, 0.5) is 0 Å². The van der Waals surface area contributed by atoms with E-state index in [9.17, 15) is 0 Å². The maximum Gasteiger partial charge on any atom is 0.0962 e. The van der Waals surface area contributed by atoms with Gasteiger partial charge in [-0.05, 0) is 56.5 Å². The number of aromatic nitrogens is 2. The van der Waals surface area contributed by atoms with Crippen LogP contribution in [0.2, 0.25) is 0 Å². The third kappa shape index (κ3) is 2.83. The number of hydrogen-bond acceptors (Lipinski definition) is 3. The number of nitrogens with one attached hydrogen (secondary N) is 1. The van der Waals surface area contributed by atoms with Crippen molar-refractivity contribution in [3.05, 3.63) is 29.6 Å². The lowest BCUT2D eigenvalue weighted by molar-refractivity contribution is 0.0384. The van der Waals surface area contributed by atoms with Gasteiger partial charge in [-0.3, -0.25) is 0 Å². The minimum absolute atomic E-state index is 0.331. The molecule has 4 heteroatoms. The van der Waals surface area contributed by atoms with E-state index in [1.807, 2.05) is 6.33 Å². The molecule has 21 heavy (non-hydrogen) atoms. The summed E-state index contributed by atoms with van der Waals surface area (Å²) < 4.78 is 8.03. The number of rotatable bonds is 4. The molecule has 0 bridgehead atoms. The molecule has 2 unspecified atom stereocenters. The summed E-state index contributed by atoms with van der Waals surface area (Å²) in [5.41, 5.74) is 4.92. The van der Waals surface area contributed by atoms with Gasteiger partial charge >= 0.3 is 0 Å². The number of nitrogens with zero attached hydrogens (tertiary/aromatic N) is 2. The number of fused-ring (bicyclic) bond motifs is 1. The van der Waals surface area contributed by atoms with Gasteiger partial charge in [0.05, 0.1) is 30.0 Å². The zero-order valence-corrected chi connectivity index (χ0v) is 13.2. The van der Waals surface area contributed by atoms with Crippen molar-refractivity contribution in [2.45, 2.75) is 45.7 Å². The Morgan fingerprint density at radius 2 is 2.14 bits per heavy atom. The van der Waals surface area contributed by atoms with Crippen LogP contribution in [0.15, 0.2) is 18.5 Å². The van der Waals surface area contributed by atoms with E-state index < -0.39 is 0 Å². The fraction of sp³-hybridized carbons (Fsp3) is 0.588. The van der Waals surface area contributed by atoms with Crippen LogP contribution < -0.4 is 5.32 Å². The van der Waals surface area contributed by atoms with Gasteiger partial charge in [0.2, 0.25) is 0 Å². The molecule has 114 valence electrons. The lowest BCUT2D eigenvalue weighted by atomic mass is 10.0. The SMILES string of the molecule is CCCNC1CCOCC1n1cnc2cc(C)c(C)cc21. The lowest BCUT2D eigenvalue weighted by Crippen LogP contribution is -2.44. The van der Waals surface area contributed by atoms with E-state index in [1.54, 1.807) is 0 Å². The van der Waals surface area contributed by atoms with Gasteiger partial charge < -0.3 is 14.6 Å². The molecule has 1 aliphatic heterocycles. The summed E-state index contributed by atoms with van der Waals surface area (Å²) in [4.78, 5) is 4.59. The molecule has 4 nitrogen and oxygen atoms in total. The topological polar surface area (TPSA) is 39.1 Å². The smallest absolute Gasteiger partial charge is 0.0962 e. The highest BCUT2D eigenvalue weighted by Crippen LogP contribution is 2.26. The average molecular weight is 287 g/mol. The largest absolute Gasteiger partial charge is 0.379 e. The molecule has 0 radical (unpaired) electrons. The summed E-state index contributed by atoms with van der Waals surface area (Å²) >= 11 is 0. The van der Waals surface area contributed by atoms with Crippen molar-refractivity contribution in [2.24, 2.45) is 0 Å². The first kappa shape index (κ1) is 14.5. The summed E-state index contributed by atoms with van der Waals surface area (Å²) in [6.45, 7) is 9.19. The molecule has 3 rings (SSSR count). The summed E-state index contributed by atoms with van der Waals surface area (Å²) in [5.74, 6) is 0. The minimum Gasteiger partial charge on any atom is -0.379 e. The predicted octanol–water partition coefficient (Wildman–Crippen LogP) is 2.98. The number of aryl methyl sites for hydroxylation is 2. The Hall–Kier alpha value is -1.39. The third-order valence-corrected chi connectivity index (χ3v) is 4.53. The highest BCUT2D eigenvalue weighted by Gasteiger charge is 2.27. The monoisotopic (exact) mass is 287 g/mol. The van der Waals surface area contributed by atoms with Crippen molar-refractivity contribution in [3.63, 3.8) is 0 Å². The molecule has 2 aromatic rings. The molecule has 0 aliphatic carbocycles. The van der Waals surface area contributed by atoms with Gasteiger partial charge in [-0.2, -0.15) is 0 Å². The number of benzene rings is 1. The summed E-state index contributed by atoms with van der Waals surface area (Å²) in [6.07, 6.45) is 4.20. The van der Waals surface area contributed by atoms with Crippen molar-refractivity contribution in [3.8, 4) is 0 Å². The highest BCUT2D eigenvalue weighted by molar-refractivity contribution is 5.77. The van der Waals surface area contributed by atoms with Gasteiger partial charge in [-0.1, -0.05) is 6.92 Å². The van der Waals surface area contributed by atoms with Crippen LogP contribution >= 0.6 is 0 Å². The molecule has 0 amide bonds. The van der Waals surface area contributed by atoms with Crippen molar-refractivity contribution < 1.29 is 4.74 Å². The van der Waals surface area contributed by atoms with Crippen LogP contribution in [0.3, 0.4) is 0 Å². The molecule has 1 aromatic heterocycles. The van der Waals surface area contributed by atoms with Gasteiger partial charge in [0.1, 0.15) is 0 Å². The normalized spacial score (nSPS) is 22.8. The number of ether oxygens (including phenoxy) is 1. The van der Waals surface area contributed by atoms with Crippen LogP contribution in [0, 0.1) is 13.8 Å². The number of hydrogen-bond donors (Lipinski definition) is 1. The first-order valence-corrected chi connectivity index (χ1v) is 7.95.